The second kappa shape index (κ2) is 9.72. The second-order valence-electron chi connectivity index (χ2n) is 6.83. The van der Waals surface area contributed by atoms with Gasteiger partial charge in [-0.3, -0.25) is 0 Å². The molecule has 4 nitrogen and oxygen atoms in total. The molecule has 0 atom stereocenters. The van der Waals surface area contributed by atoms with Crippen LogP contribution < -0.4 is 22.9 Å². The Balaban J connectivity index is 0.000000200. The first-order chi connectivity index (χ1) is 9.69. The lowest BCUT2D eigenvalue weighted by Crippen LogP contribution is -2.39. The molecule has 20 heavy (non-hydrogen) atoms. The van der Waals surface area contributed by atoms with Crippen LogP contribution in [0.25, 0.3) is 0 Å². The highest BCUT2D eigenvalue weighted by molar-refractivity contribution is 4.84. The molecule has 0 aliphatic heterocycles. The molecular weight excluding hydrogens is 248 g/mol. The van der Waals surface area contributed by atoms with Crippen molar-refractivity contribution < 1.29 is 0 Å². The maximum Gasteiger partial charge on any atom is -0.000844 e. The molecule has 120 valence electrons. The summed E-state index contributed by atoms with van der Waals surface area (Å²) < 4.78 is 0. The zero-order chi connectivity index (χ0) is 14.8. The van der Waals surface area contributed by atoms with E-state index in [0.717, 1.165) is 38.0 Å². The van der Waals surface area contributed by atoms with Gasteiger partial charge in [0.2, 0.25) is 0 Å². The van der Waals surface area contributed by atoms with E-state index in [1.807, 2.05) is 0 Å². The number of hydrogen-bond acceptors (Lipinski definition) is 4. The SMILES string of the molecule is NCC1(CN)CCCCC1.NCC1CCC(CN)CC1. The van der Waals surface area contributed by atoms with Gasteiger partial charge in [-0.1, -0.05) is 19.3 Å². The summed E-state index contributed by atoms with van der Waals surface area (Å²) >= 11 is 0. The molecule has 8 N–H and O–H groups in total. The van der Waals surface area contributed by atoms with Gasteiger partial charge in [0.05, 0.1) is 0 Å². The minimum atomic E-state index is 0.318. The van der Waals surface area contributed by atoms with Crippen LogP contribution in [0, 0.1) is 17.3 Å². The molecule has 4 heteroatoms. The molecule has 0 amide bonds. The summed E-state index contributed by atoms with van der Waals surface area (Å²) in [7, 11) is 0. The molecule has 2 fully saturated rings. The maximum absolute atomic E-state index is 5.67. The van der Waals surface area contributed by atoms with Gasteiger partial charge in [0.25, 0.3) is 0 Å². The Labute approximate surface area is 125 Å². The van der Waals surface area contributed by atoms with Crippen LogP contribution in [0.2, 0.25) is 0 Å². The van der Waals surface area contributed by atoms with Gasteiger partial charge in [0.1, 0.15) is 0 Å². The monoisotopic (exact) mass is 284 g/mol. The smallest absolute Gasteiger partial charge is 0.000844 e. The lowest BCUT2D eigenvalue weighted by Gasteiger charge is -2.34. The molecule has 0 spiro atoms. The lowest BCUT2D eigenvalue weighted by atomic mass is 9.74. The fraction of sp³-hybridized carbons (Fsp3) is 1.00. The maximum atomic E-state index is 5.67. The third-order valence-corrected chi connectivity index (χ3v) is 5.41. The van der Waals surface area contributed by atoms with E-state index >= 15 is 0 Å². The Morgan fingerprint density at radius 3 is 1.30 bits per heavy atom. The van der Waals surface area contributed by atoms with Crippen molar-refractivity contribution in [3.8, 4) is 0 Å². The van der Waals surface area contributed by atoms with Crippen LogP contribution in [0.15, 0.2) is 0 Å². The van der Waals surface area contributed by atoms with Crippen LogP contribution >= 0.6 is 0 Å². The van der Waals surface area contributed by atoms with Crippen LogP contribution in [-0.4, -0.2) is 26.2 Å². The first-order valence-corrected chi connectivity index (χ1v) is 8.50. The van der Waals surface area contributed by atoms with Gasteiger partial charge in [-0.25, -0.2) is 0 Å². The molecule has 0 aromatic carbocycles. The fourth-order valence-electron chi connectivity index (χ4n) is 3.50. The van der Waals surface area contributed by atoms with Gasteiger partial charge in [-0.05, 0) is 82.0 Å². The van der Waals surface area contributed by atoms with Gasteiger partial charge in [-0.15, -0.1) is 0 Å². The molecule has 0 unspecified atom stereocenters. The molecule has 0 saturated heterocycles. The van der Waals surface area contributed by atoms with Crippen molar-refractivity contribution in [2.24, 2.45) is 40.2 Å². The average Bonchev–Trinajstić information content (AvgIpc) is 2.56. The van der Waals surface area contributed by atoms with Crippen LogP contribution in [0.4, 0.5) is 0 Å². The van der Waals surface area contributed by atoms with E-state index < -0.39 is 0 Å². The average molecular weight is 284 g/mol. The van der Waals surface area contributed by atoms with Crippen molar-refractivity contribution in [1.82, 2.24) is 0 Å². The topological polar surface area (TPSA) is 104 Å². The largest absolute Gasteiger partial charge is 0.330 e. The highest BCUT2D eigenvalue weighted by Gasteiger charge is 2.28. The summed E-state index contributed by atoms with van der Waals surface area (Å²) in [4.78, 5) is 0. The molecule has 0 heterocycles. The minimum Gasteiger partial charge on any atom is -0.330 e. The number of rotatable bonds is 4. The zero-order valence-electron chi connectivity index (χ0n) is 13.2. The van der Waals surface area contributed by atoms with E-state index in [-0.39, 0.29) is 0 Å². The Morgan fingerprint density at radius 1 is 0.650 bits per heavy atom. The Bertz CT molecular complexity index is 213. The summed E-state index contributed by atoms with van der Waals surface area (Å²) in [5, 5.41) is 0. The van der Waals surface area contributed by atoms with Crippen molar-refractivity contribution in [2.75, 3.05) is 26.2 Å². The summed E-state index contributed by atoms with van der Waals surface area (Å²) in [6, 6.07) is 0. The van der Waals surface area contributed by atoms with Gasteiger partial charge < -0.3 is 22.9 Å². The molecule has 2 aliphatic carbocycles. The third-order valence-electron chi connectivity index (χ3n) is 5.41. The zero-order valence-corrected chi connectivity index (χ0v) is 13.2. The fourth-order valence-corrected chi connectivity index (χ4v) is 3.50. The van der Waals surface area contributed by atoms with Crippen molar-refractivity contribution >= 4 is 0 Å². The van der Waals surface area contributed by atoms with Gasteiger partial charge in [-0.2, -0.15) is 0 Å². The molecule has 0 aromatic rings. The van der Waals surface area contributed by atoms with E-state index in [9.17, 15) is 0 Å². The van der Waals surface area contributed by atoms with Crippen LogP contribution in [0.5, 0.6) is 0 Å². The van der Waals surface area contributed by atoms with E-state index in [4.69, 9.17) is 22.9 Å². The molecule has 0 aromatic heterocycles. The second-order valence-corrected chi connectivity index (χ2v) is 6.83. The Hall–Kier alpha value is -0.160. The van der Waals surface area contributed by atoms with Crippen LogP contribution in [0.3, 0.4) is 0 Å². The Kier molecular flexibility index (Phi) is 8.69. The molecule has 2 aliphatic rings. The van der Waals surface area contributed by atoms with Crippen molar-refractivity contribution in [2.45, 2.75) is 57.8 Å². The molecule has 2 saturated carbocycles. The predicted octanol–water partition coefficient (Wildman–Crippen LogP) is 1.56. The highest BCUT2D eigenvalue weighted by Crippen LogP contribution is 2.33. The number of hydrogen-bond donors (Lipinski definition) is 4. The summed E-state index contributed by atoms with van der Waals surface area (Å²) in [6.45, 7) is 3.31. The van der Waals surface area contributed by atoms with E-state index in [1.165, 1.54) is 57.8 Å². The van der Waals surface area contributed by atoms with E-state index in [1.54, 1.807) is 0 Å². The predicted molar refractivity (Wildman–Crippen MR) is 87.2 cm³/mol. The summed E-state index contributed by atoms with van der Waals surface area (Å²) in [6.07, 6.45) is 11.7. The van der Waals surface area contributed by atoms with Gasteiger partial charge in [0, 0.05) is 0 Å². The van der Waals surface area contributed by atoms with Crippen LogP contribution in [0.1, 0.15) is 57.8 Å². The molecule has 0 radical (unpaired) electrons. The first-order valence-electron chi connectivity index (χ1n) is 8.50. The standard InChI is InChI=1S/2C8H18N2/c9-5-7-1-2-8(6-10)4-3-7;9-6-8(7-10)4-2-1-3-5-8/h7-8H,1-6,9-10H2;1-7,9-10H2. The van der Waals surface area contributed by atoms with E-state index in [2.05, 4.69) is 0 Å². The molecular formula is C16H36N4. The van der Waals surface area contributed by atoms with Gasteiger partial charge in [0.15, 0.2) is 0 Å². The van der Waals surface area contributed by atoms with Crippen molar-refractivity contribution in [3.63, 3.8) is 0 Å². The quantitative estimate of drug-likeness (QED) is 0.629. The number of nitrogens with two attached hydrogens (primary N) is 4. The summed E-state index contributed by atoms with van der Waals surface area (Å²) in [5.74, 6) is 1.59. The summed E-state index contributed by atoms with van der Waals surface area (Å²) in [5.41, 5.74) is 22.8. The lowest BCUT2D eigenvalue weighted by molar-refractivity contribution is 0.208. The first kappa shape index (κ1) is 17.9. The van der Waals surface area contributed by atoms with Gasteiger partial charge >= 0.3 is 0 Å². The van der Waals surface area contributed by atoms with Crippen molar-refractivity contribution in [1.29, 1.82) is 0 Å². The van der Waals surface area contributed by atoms with Crippen molar-refractivity contribution in [3.05, 3.63) is 0 Å². The third kappa shape index (κ3) is 5.68. The normalized spacial score (nSPS) is 29.4. The van der Waals surface area contributed by atoms with Crippen LogP contribution in [-0.2, 0) is 0 Å². The highest BCUT2D eigenvalue weighted by atomic mass is 14.7. The Morgan fingerprint density at radius 2 is 1.05 bits per heavy atom. The minimum absolute atomic E-state index is 0.318. The molecule has 2 rings (SSSR count). The van der Waals surface area contributed by atoms with E-state index in [0.29, 0.717) is 5.41 Å². The molecule has 0 bridgehead atoms.